The summed E-state index contributed by atoms with van der Waals surface area (Å²) in [6, 6.07) is 4.41. The largest absolute Gasteiger partial charge is 0.507 e. The first-order valence-electron chi connectivity index (χ1n) is 8.12. The van der Waals surface area contributed by atoms with Crippen LogP contribution in [-0.2, 0) is 0 Å². The van der Waals surface area contributed by atoms with Crippen molar-refractivity contribution in [3.8, 4) is 34.5 Å². The average molecular weight is 354 g/mol. The van der Waals surface area contributed by atoms with E-state index in [-0.39, 0.29) is 36.2 Å². The van der Waals surface area contributed by atoms with E-state index in [9.17, 15) is 15.0 Å². The quantitative estimate of drug-likeness (QED) is 0.813. The van der Waals surface area contributed by atoms with Gasteiger partial charge < -0.3 is 29.2 Å². The number of fused-ring (bicyclic) bond motifs is 4. The highest BCUT2D eigenvalue weighted by atomic mass is 16.7. The molecular weight excluding hydrogens is 340 g/mol. The van der Waals surface area contributed by atoms with Gasteiger partial charge in [0, 0.05) is 17.7 Å². The van der Waals surface area contributed by atoms with E-state index in [1.54, 1.807) is 6.07 Å². The van der Waals surface area contributed by atoms with Gasteiger partial charge in [0.1, 0.15) is 41.8 Å². The summed E-state index contributed by atoms with van der Waals surface area (Å²) in [6.07, 6.45) is 3.62. The van der Waals surface area contributed by atoms with Crippen LogP contribution in [0.15, 0.2) is 24.3 Å². The fourth-order valence-electron chi connectivity index (χ4n) is 3.48. The molecule has 0 amide bonds. The topological polar surface area (TPSA) is 94.5 Å². The molecule has 0 saturated heterocycles. The fourth-order valence-corrected chi connectivity index (χ4v) is 3.48. The summed E-state index contributed by atoms with van der Waals surface area (Å²) in [5.74, 6) is 0.272. The number of rotatable bonds is 1. The summed E-state index contributed by atoms with van der Waals surface area (Å²) in [5.41, 5.74) is 1.09. The molecule has 0 fully saturated rings. The molecule has 2 aromatic rings. The lowest BCUT2D eigenvalue weighted by atomic mass is 9.86. The van der Waals surface area contributed by atoms with Gasteiger partial charge in [-0.1, -0.05) is 0 Å². The van der Waals surface area contributed by atoms with E-state index in [4.69, 9.17) is 18.9 Å². The molecule has 3 aliphatic heterocycles. The second kappa shape index (κ2) is 5.32. The van der Waals surface area contributed by atoms with Crippen molar-refractivity contribution in [1.29, 1.82) is 0 Å². The Morgan fingerprint density at radius 1 is 0.923 bits per heavy atom. The van der Waals surface area contributed by atoms with Gasteiger partial charge in [0.25, 0.3) is 0 Å². The van der Waals surface area contributed by atoms with E-state index >= 15 is 0 Å². The number of Topliss-reactive ketones (excluding diaryl/α,β-unsaturated/α-hetero) is 1. The molecular formula is C19H14O7. The maximum absolute atomic E-state index is 13.1. The molecule has 0 aromatic heterocycles. The molecule has 0 saturated carbocycles. The maximum atomic E-state index is 13.1. The van der Waals surface area contributed by atoms with Crippen molar-refractivity contribution >= 4 is 11.9 Å². The van der Waals surface area contributed by atoms with E-state index in [2.05, 4.69) is 0 Å². The van der Waals surface area contributed by atoms with Crippen LogP contribution in [-0.4, -0.2) is 36.0 Å². The number of ketones is 1. The van der Waals surface area contributed by atoms with E-state index in [1.165, 1.54) is 12.1 Å². The highest BCUT2D eigenvalue weighted by molar-refractivity contribution is 6.08. The molecule has 5 rings (SSSR count). The predicted octanol–water partition coefficient (Wildman–Crippen LogP) is 2.59. The first-order chi connectivity index (χ1) is 12.6. The van der Waals surface area contributed by atoms with Gasteiger partial charge in [-0.15, -0.1) is 0 Å². The minimum atomic E-state index is -0.769. The van der Waals surface area contributed by atoms with Crippen LogP contribution in [0.2, 0.25) is 0 Å². The van der Waals surface area contributed by atoms with Gasteiger partial charge in [0.15, 0.2) is 17.3 Å². The first-order valence-corrected chi connectivity index (χ1v) is 8.12. The second-order valence-corrected chi connectivity index (χ2v) is 6.22. The zero-order valence-corrected chi connectivity index (χ0v) is 13.5. The van der Waals surface area contributed by atoms with E-state index in [1.807, 2.05) is 12.2 Å². The van der Waals surface area contributed by atoms with Crippen molar-refractivity contribution in [3.05, 3.63) is 41.0 Å². The molecule has 0 aliphatic carbocycles. The summed E-state index contributed by atoms with van der Waals surface area (Å²) in [7, 11) is 0. The molecule has 2 N–H and O–H groups in total. The zero-order valence-electron chi connectivity index (χ0n) is 13.5. The van der Waals surface area contributed by atoms with E-state index < -0.39 is 5.92 Å². The van der Waals surface area contributed by atoms with Crippen molar-refractivity contribution < 1.29 is 34.0 Å². The summed E-state index contributed by atoms with van der Waals surface area (Å²) in [4.78, 5) is 13.1. The summed E-state index contributed by atoms with van der Waals surface area (Å²) >= 11 is 0. The van der Waals surface area contributed by atoms with Crippen LogP contribution >= 0.6 is 0 Å². The molecule has 0 bridgehead atoms. The Balaban J connectivity index is 1.61. The molecule has 132 valence electrons. The average Bonchev–Trinajstić information content (AvgIpc) is 3.08. The minimum Gasteiger partial charge on any atom is -0.507 e. The second-order valence-electron chi connectivity index (χ2n) is 6.22. The summed E-state index contributed by atoms with van der Waals surface area (Å²) < 4.78 is 21.9. The van der Waals surface area contributed by atoms with Crippen molar-refractivity contribution in [2.75, 3.05) is 20.0 Å². The molecule has 3 heterocycles. The third kappa shape index (κ3) is 2.03. The normalized spacial score (nSPS) is 19.4. The lowest BCUT2D eigenvalue weighted by molar-refractivity contribution is 0.0889. The first kappa shape index (κ1) is 14.9. The third-order valence-electron chi connectivity index (χ3n) is 4.74. The molecule has 1 atom stereocenters. The number of carbonyl (C=O) groups excluding carboxylic acids is 1. The minimum absolute atomic E-state index is 0.0305. The van der Waals surface area contributed by atoms with Gasteiger partial charge in [-0.25, -0.2) is 0 Å². The van der Waals surface area contributed by atoms with Gasteiger partial charge in [-0.2, -0.15) is 0 Å². The van der Waals surface area contributed by atoms with Crippen LogP contribution in [0, 0.1) is 0 Å². The van der Waals surface area contributed by atoms with Crippen molar-refractivity contribution in [3.63, 3.8) is 0 Å². The van der Waals surface area contributed by atoms with Crippen LogP contribution < -0.4 is 18.9 Å². The highest BCUT2D eigenvalue weighted by Gasteiger charge is 2.37. The molecule has 26 heavy (non-hydrogen) atoms. The fraction of sp³-hybridized carbons (Fsp3) is 0.211. The maximum Gasteiger partial charge on any atom is 0.231 e. The number of phenols is 2. The zero-order chi connectivity index (χ0) is 17.8. The number of phenolic OH excluding ortho intramolecular Hbond substituents is 2. The van der Waals surface area contributed by atoms with E-state index in [0.717, 1.165) is 0 Å². The summed E-state index contributed by atoms with van der Waals surface area (Å²) in [6.45, 7) is 0.491. The van der Waals surface area contributed by atoms with Gasteiger partial charge in [-0.3, -0.25) is 4.79 Å². The Morgan fingerprint density at radius 3 is 2.54 bits per heavy atom. The van der Waals surface area contributed by atoms with Crippen LogP contribution in [0.3, 0.4) is 0 Å². The molecule has 2 aromatic carbocycles. The van der Waals surface area contributed by atoms with Gasteiger partial charge in [0.2, 0.25) is 6.79 Å². The number of hydrogen-bond donors (Lipinski definition) is 2. The van der Waals surface area contributed by atoms with Crippen LogP contribution in [0.4, 0.5) is 0 Å². The van der Waals surface area contributed by atoms with Crippen LogP contribution in [0.25, 0.3) is 6.08 Å². The molecule has 3 aliphatic rings. The Bertz CT molecular complexity index is 977. The molecule has 0 spiro atoms. The number of hydrogen-bond acceptors (Lipinski definition) is 7. The van der Waals surface area contributed by atoms with Gasteiger partial charge in [0.05, 0.1) is 11.5 Å². The Morgan fingerprint density at radius 2 is 1.69 bits per heavy atom. The van der Waals surface area contributed by atoms with Gasteiger partial charge >= 0.3 is 0 Å². The third-order valence-corrected chi connectivity index (χ3v) is 4.74. The lowest BCUT2D eigenvalue weighted by Gasteiger charge is -2.28. The Labute approximate surface area is 148 Å². The predicted molar refractivity (Wildman–Crippen MR) is 89.4 cm³/mol. The number of benzene rings is 2. The van der Waals surface area contributed by atoms with Crippen LogP contribution in [0.5, 0.6) is 34.5 Å². The van der Waals surface area contributed by atoms with Crippen LogP contribution in [0.1, 0.15) is 27.4 Å². The lowest BCUT2D eigenvalue weighted by Crippen LogP contribution is -2.27. The van der Waals surface area contributed by atoms with Crippen molar-refractivity contribution in [2.24, 2.45) is 0 Å². The van der Waals surface area contributed by atoms with Crippen molar-refractivity contribution in [2.45, 2.75) is 5.92 Å². The molecule has 0 radical (unpaired) electrons. The van der Waals surface area contributed by atoms with E-state index in [0.29, 0.717) is 40.7 Å². The Hall–Kier alpha value is -3.35. The number of ether oxygens (including phenoxy) is 4. The summed E-state index contributed by atoms with van der Waals surface area (Å²) in [5, 5.41) is 20.7. The number of carbonyl (C=O) groups is 1. The molecule has 7 heteroatoms. The SMILES string of the molecule is O=C1c2c(O)cc3c(c2OCC1c1cc2c(cc1O)OCO2)C=CCO3. The van der Waals surface area contributed by atoms with Gasteiger partial charge in [-0.05, 0) is 18.2 Å². The highest BCUT2D eigenvalue weighted by Crippen LogP contribution is 2.48. The number of aromatic hydroxyl groups is 2. The molecule has 1 unspecified atom stereocenters. The molecule has 7 nitrogen and oxygen atoms in total. The monoisotopic (exact) mass is 354 g/mol. The Kier molecular flexibility index (Phi) is 3.06. The van der Waals surface area contributed by atoms with Crippen molar-refractivity contribution in [1.82, 2.24) is 0 Å². The smallest absolute Gasteiger partial charge is 0.231 e. The standard InChI is InChI=1S/C19H14O7/c20-12-5-16-15(25-8-26-16)4-10(12)11-7-24-19-9-2-1-3-23-14(9)6-13(21)17(19)18(11)22/h1-2,4-6,11,20-21H,3,7-8H2.